The van der Waals surface area contributed by atoms with Gasteiger partial charge in [-0.3, -0.25) is 0 Å². The Hall–Kier alpha value is 0.537. The maximum absolute atomic E-state index is 5.74. The number of allylic oxidation sites excluding steroid dienone is 2. The Morgan fingerprint density at radius 3 is 2.50 bits per heavy atom. The fourth-order valence-electron chi connectivity index (χ4n) is 0.623. The maximum Gasteiger partial charge on any atom is 0.262 e. The van der Waals surface area contributed by atoms with Crippen molar-refractivity contribution in [3.05, 3.63) is 11.3 Å². The molecule has 0 radical (unpaired) electrons. The second kappa shape index (κ2) is 6.26. The Bertz CT molecular complexity index is 110. The molecule has 0 rings (SSSR count). The molecule has 0 aliphatic rings. The van der Waals surface area contributed by atoms with Gasteiger partial charge in [-0.2, -0.15) is 0 Å². The number of unbranched alkanes of at least 4 members (excludes halogenated alkanes) is 2. The number of rotatable bonds is 4. The van der Waals surface area contributed by atoms with Gasteiger partial charge in [0, 0.05) is 0 Å². The van der Waals surface area contributed by atoms with E-state index in [2.05, 4.69) is 13.0 Å². The lowest BCUT2D eigenvalue weighted by Crippen LogP contribution is -1.94. The lowest BCUT2D eigenvalue weighted by Gasteiger charge is -1.97. The van der Waals surface area contributed by atoms with E-state index in [9.17, 15) is 0 Å². The van der Waals surface area contributed by atoms with Gasteiger partial charge in [0.2, 0.25) is 0 Å². The van der Waals surface area contributed by atoms with E-state index >= 15 is 0 Å². The molecule has 0 bridgehead atoms. The molecule has 0 saturated heterocycles. The van der Waals surface area contributed by atoms with Crippen molar-refractivity contribution in [3.8, 4) is 0 Å². The molecule has 0 aliphatic carbocycles. The highest BCUT2D eigenvalue weighted by Gasteiger charge is 2.02. The molecule has 0 nitrogen and oxygen atoms in total. The van der Waals surface area contributed by atoms with Crippen molar-refractivity contribution in [1.29, 1.82) is 0 Å². The highest BCUT2D eigenvalue weighted by Crippen LogP contribution is 2.10. The SMILES string of the molecule is CCCCC=C(C)[SiH](Cl)Cl. The molecule has 0 aromatic heterocycles. The molecule has 60 valence electrons. The molecule has 3 heteroatoms. The van der Waals surface area contributed by atoms with Crippen LogP contribution in [0.5, 0.6) is 0 Å². The van der Waals surface area contributed by atoms with Crippen LogP contribution in [0.2, 0.25) is 0 Å². The first-order valence-corrected chi connectivity index (χ1v) is 7.70. The summed E-state index contributed by atoms with van der Waals surface area (Å²) in [6, 6.07) is 0. The highest BCUT2D eigenvalue weighted by atomic mass is 35.7. The van der Waals surface area contributed by atoms with Gasteiger partial charge in [0.1, 0.15) is 0 Å². The van der Waals surface area contributed by atoms with Crippen molar-refractivity contribution in [2.75, 3.05) is 0 Å². The van der Waals surface area contributed by atoms with Gasteiger partial charge in [0.15, 0.2) is 0 Å². The third-order valence-corrected chi connectivity index (χ3v) is 4.36. The Kier molecular flexibility index (Phi) is 6.60. The molecule has 0 aliphatic heterocycles. The first-order valence-electron chi connectivity index (χ1n) is 3.63. The zero-order valence-electron chi connectivity index (χ0n) is 6.53. The molecule has 0 saturated carbocycles. The van der Waals surface area contributed by atoms with E-state index in [0.717, 1.165) is 6.42 Å². The normalized spacial score (nSPS) is 12.7. The minimum Gasteiger partial charge on any atom is -0.145 e. The van der Waals surface area contributed by atoms with Crippen LogP contribution in [-0.4, -0.2) is 7.42 Å². The Morgan fingerprint density at radius 2 is 2.10 bits per heavy atom. The fourth-order valence-corrected chi connectivity index (χ4v) is 1.50. The van der Waals surface area contributed by atoms with Crippen molar-refractivity contribution < 1.29 is 0 Å². The van der Waals surface area contributed by atoms with Crippen LogP contribution in [0.3, 0.4) is 0 Å². The third kappa shape index (κ3) is 5.33. The maximum atomic E-state index is 5.74. The summed E-state index contributed by atoms with van der Waals surface area (Å²) in [7, 11) is -1.50. The van der Waals surface area contributed by atoms with Crippen LogP contribution in [0.25, 0.3) is 0 Å². The molecule has 0 amide bonds. The summed E-state index contributed by atoms with van der Waals surface area (Å²) < 4.78 is 0. The molecule has 0 spiro atoms. The predicted octanol–water partition coefficient (Wildman–Crippen LogP) is 3.36. The largest absolute Gasteiger partial charge is 0.262 e. The quantitative estimate of drug-likeness (QED) is 0.368. The van der Waals surface area contributed by atoms with Crippen LogP contribution >= 0.6 is 22.2 Å². The monoisotopic (exact) mass is 196 g/mol. The standard InChI is InChI=1S/C7H14Cl2Si/c1-3-4-5-6-7(2)10(8)9/h6,10H,3-5H2,1-2H3. The van der Waals surface area contributed by atoms with Gasteiger partial charge >= 0.3 is 0 Å². The third-order valence-electron chi connectivity index (χ3n) is 1.37. The molecule has 0 aromatic rings. The summed E-state index contributed by atoms with van der Waals surface area (Å²) in [5, 5.41) is 1.21. The topological polar surface area (TPSA) is 0 Å². The average Bonchev–Trinajstić information content (AvgIpc) is 1.88. The zero-order chi connectivity index (χ0) is 7.98. The lowest BCUT2D eigenvalue weighted by molar-refractivity contribution is 0.813. The summed E-state index contributed by atoms with van der Waals surface area (Å²) in [6.07, 6.45) is 5.78. The van der Waals surface area contributed by atoms with Crippen molar-refractivity contribution in [2.24, 2.45) is 0 Å². The van der Waals surface area contributed by atoms with Crippen LogP contribution in [0, 0.1) is 0 Å². The van der Waals surface area contributed by atoms with Crippen molar-refractivity contribution in [3.63, 3.8) is 0 Å². The Balaban J connectivity index is 3.48. The van der Waals surface area contributed by atoms with Crippen LogP contribution in [0.1, 0.15) is 33.1 Å². The molecule has 10 heavy (non-hydrogen) atoms. The molecule has 0 unspecified atom stereocenters. The Labute approximate surface area is 74.2 Å². The van der Waals surface area contributed by atoms with Gasteiger partial charge in [0.05, 0.1) is 0 Å². The average molecular weight is 197 g/mol. The summed E-state index contributed by atoms with van der Waals surface area (Å²) in [5.74, 6) is 0. The van der Waals surface area contributed by atoms with Crippen LogP contribution in [0.4, 0.5) is 0 Å². The van der Waals surface area contributed by atoms with Crippen LogP contribution in [0.15, 0.2) is 11.3 Å². The smallest absolute Gasteiger partial charge is 0.145 e. The summed E-state index contributed by atoms with van der Waals surface area (Å²) in [5.41, 5.74) is 0. The van der Waals surface area contributed by atoms with Crippen molar-refractivity contribution in [2.45, 2.75) is 33.1 Å². The minimum atomic E-state index is -1.50. The second-order valence-electron chi connectivity index (χ2n) is 2.39. The van der Waals surface area contributed by atoms with E-state index in [-0.39, 0.29) is 0 Å². The van der Waals surface area contributed by atoms with E-state index in [0.29, 0.717) is 0 Å². The molecule has 0 N–H and O–H groups in total. The van der Waals surface area contributed by atoms with Gasteiger partial charge < -0.3 is 0 Å². The molecular weight excluding hydrogens is 183 g/mol. The lowest BCUT2D eigenvalue weighted by atomic mass is 10.2. The van der Waals surface area contributed by atoms with Gasteiger partial charge in [-0.25, -0.2) is 0 Å². The molecule has 0 heterocycles. The zero-order valence-corrected chi connectivity index (χ0v) is 9.20. The van der Waals surface area contributed by atoms with Gasteiger partial charge in [-0.05, 0) is 13.3 Å². The van der Waals surface area contributed by atoms with E-state index in [1.54, 1.807) is 0 Å². The summed E-state index contributed by atoms with van der Waals surface area (Å²) in [6.45, 7) is 4.20. The summed E-state index contributed by atoms with van der Waals surface area (Å²) in [4.78, 5) is 0. The molecule has 0 fully saturated rings. The van der Waals surface area contributed by atoms with Gasteiger partial charge in [0.25, 0.3) is 7.42 Å². The van der Waals surface area contributed by atoms with Crippen LogP contribution in [-0.2, 0) is 0 Å². The van der Waals surface area contributed by atoms with Gasteiger partial charge in [-0.1, -0.05) is 31.0 Å². The predicted molar refractivity (Wildman–Crippen MR) is 52.1 cm³/mol. The van der Waals surface area contributed by atoms with E-state index in [1.165, 1.54) is 18.0 Å². The second-order valence-corrected chi connectivity index (χ2v) is 7.19. The number of hydrogen-bond acceptors (Lipinski definition) is 0. The molecule has 0 atom stereocenters. The van der Waals surface area contributed by atoms with E-state index in [1.807, 2.05) is 6.92 Å². The first kappa shape index (κ1) is 10.5. The molecule has 0 aromatic carbocycles. The minimum absolute atomic E-state index is 1.13. The van der Waals surface area contributed by atoms with Crippen LogP contribution < -0.4 is 0 Å². The first-order chi connectivity index (χ1) is 4.68. The van der Waals surface area contributed by atoms with Gasteiger partial charge in [-0.15, -0.1) is 22.2 Å². The summed E-state index contributed by atoms with van der Waals surface area (Å²) >= 11 is 11.5. The van der Waals surface area contributed by atoms with Crippen molar-refractivity contribution in [1.82, 2.24) is 0 Å². The number of halogens is 2. The molecular formula is C7H14Cl2Si. The number of hydrogen-bond donors (Lipinski definition) is 0. The van der Waals surface area contributed by atoms with E-state index in [4.69, 9.17) is 22.2 Å². The highest BCUT2D eigenvalue weighted by molar-refractivity contribution is 7.36. The van der Waals surface area contributed by atoms with Crippen molar-refractivity contribution >= 4 is 29.6 Å². The fraction of sp³-hybridized carbons (Fsp3) is 0.714. The van der Waals surface area contributed by atoms with E-state index < -0.39 is 7.42 Å². The Morgan fingerprint density at radius 1 is 1.50 bits per heavy atom.